The van der Waals surface area contributed by atoms with E-state index < -0.39 is 5.82 Å². The molecule has 0 saturated carbocycles. The summed E-state index contributed by atoms with van der Waals surface area (Å²) in [7, 11) is 0. The molecule has 1 aromatic carbocycles. The van der Waals surface area contributed by atoms with Crippen LogP contribution in [0.2, 0.25) is 0 Å². The van der Waals surface area contributed by atoms with Crippen LogP contribution in [-0.4, -0.2) is 20.9 Å². The Morgan fingerprint density at radius 1 is 1.43 bits per heavy atom. The van der Waals surface area contributed by atoms with Gasteiger partial charge in [-0.2, -0.15) is 4.98 Å². The maximum atomic E-state index is 13.6. The highest BCUT2D eigenvalue weighted by Gasteiger charge is 2.11. The Labute approximate surface area is 128 Å². The van der Waals surface area contributed by atoms with Crippen LogP contribution < -0.4 is 10.1 Å². The number of imidazole rings is 1. The van der Waals surface area contributed by atoms with Crippen molar-refractivity contribution in [2.24, 2.45) is 0 Å². The third-order valence-corrected chi connectivity index (χ3v) is 3.45. The van der Waals surface area contributed by atoms with Crippen molar-refractivity contribution < 1.29 is 9.13 Å². The van der Waals surface area contributed by atoms with Gasteiger partial charge in [0.15, 0.2) is 0 Å². The molecule has 0 amide bonds. The number of ether oxygens (including phenoxy) is 1. The first-order valence-electron chi connectivity index (χ1n) is 6.38. The molecule has 0 saturated heterocycles. The van der Waals surface area contributed by atoms with Gasteiger partial charge in [0.1, 0.15) is 17.4 Å². The smallest absolute Gasteiger partial charge is 0.265 e. The van der Waals surface area contributed by atoms with Crippen molar-refractivity contribution in [1.82, 2.24) is 14.4 Å². The number of nitrogens with one attached hydrogen (secondary N) is 1. The molecule has 2 aromatic heterocycles. The van der Waals surface area contributed by atoms with E-state index in [4.69, 9.17) is 4.74 Å². The van der Waals surface area contributed by atoms with E-state index in [2.05, 4.69) is 31.2 Å². The topological polar surface area (TPSA) is 51.5 Å². The lowest BCUT2D eigenvalue weighted by Crippen LogP contribution is -2.03. The Balaban J connectivity index is 2.01. The number of hydrogen-bond donors (Lipinski definition) is 1. The maximum absolute atomic E-state index is 13.6. The Bertz CT molecular complexity index is 790. The minimum atomic E-state index is -0.394. The number of anilines is 1. The Morgan fingerprint density at radius 3 is 3.05 bits per heavy atom. The molecule has 3 rings (SSSR count). The van der Waals surface area contributed by atoms with Gasteiger partial charge in [-0.1, -0.05) is 0 Å². The second kappa shape index (κ2) is 5.69. The number of benzene rings is 1. The minimum absolute atomic E-state index is 0.320. The zero-order chi connectivity index (χ0) is 14.8. The largest absolute Gasteiger partial charge is 0.436 e. The number of halogens is 2. The third kappa shape index (κ3) is 2.82. The fourth-order valence-corrected chi connectivity index (χ4v) is 2.14. The van der Waals surface area contributed by atoms with Crippen LogP contribution in [0.4, 0.5) is 10.2 Å². The van der Waals surface area contributed by atoms with Gasteiger partial charge in [0.05, 0.1) is 10.7 Å². The van der Waals surface area contributed by atoms with E-state index in [-0.39, 0.29) is 0 Å². The van der Waals surface area contributed by atoms with E-state index in [1.54, 1.807) is 28.9 Å². The van der Waals surface area contributed by atoms with E-state index >= 15 is 0 Å². The number of fused-ring (bicyclic) bond motifs is 1. The summed E-state index contributed by atoms with van der Waals surface area (Å²) in [5.74, 6) is 0.951. The highest BCUT2D eigenvalue weighted by atomic mass is 79.9. The fourth-order valence-electron chi connectivity index (χ4n) is 1.89. The van der Waals surface area contributed by atoms with Crippen LogP contribution in [0.15, 0.2) is 41.3 Å². The zero-order valence-electron chi connectivity index (χ0n) is 11.2. The van der Waals surface area contributed by atoms with Gasteiger partial charge in [0.2, 0.25) is 5.65 Å². The van der Waals surface area contributed by atoms with Gasteiger partial charge in [0.25, 0.3) is 5.88 Å². The van der Waals surface area contributed by atoms with Crippen LogP contribution in [0.1, 0.15) is 6.92 Å². The molecule has 0 spiro atoms. The molecule has 3 aromatic rings. The average Bonchev–Trinajstić information content (AvgIpc) is 2.92. The van der Waals surface area contributed by atoms with Crippen LogP contribution in [0.5, 0.6) is 11.6 Å². The van der Waals surface area contributed by atoms with Gasteiger partial charge in [-0.25, -0.2) is 9.37 Å². The molecule has 5 nitrogen and oxygen atoms in total. The molecule has 0 aliphatic carbocycles. The quantitative estimate of drug-likeness (QED) is 0.776. The SMILES string of the molecule is CCNc1cn2ccnc2c(Oc2ccc(Br)c(F)c2)n1. The lowest BCUT2D eigenvalue weighted by molar-refractivity contribution is 0.460. The zero-order valence-corrected chi connectivity index (χ0v) is 12.8. The van der Waals surface area contributed by atoms with E-state index in [0.29, 0.717) is 27.6 Å². The molecule has 108 valence electrons. The minimum Gasteiger partial charge on any atom is -0.436 e. The number of hydrogen-bond acceptors (Lipinski definition) is 4. The molecule has 0 aliphatic rings. The normalized spacial score (nSPS) is 10.8. The molecule has 1 N–H and O–H groups in total. The van der Waals surface area contributed by atoms with Crippen LogP contribution in [0.25, 0.3) is 5.65 Å². The predicted octanol–water partition coefficient (Wildman–Crippen LogP) is 3.86. The first-order chi connectivity index (χ1) is 10.2. The van der Waals surface area contributed by atoms with Crippen molar-refractivity contribution in [3.63, 3.8) is 0 Å². The lowest BCUT2D eigenvalue weighted by atomic mass is 10.3. The fraction of sp³-hybridized carbons (Fsp3) is 0.143. The van der Waals surface area contributed by atoms with Crippen molar-refractivity contribution in [3.05, 3.63) is 47.1 Å². The van der Waals surface area contributed by atoms with Crippen LogP contribution in [0, 0.1) is 5.82 Å². The first-order valence-corrected chi connectivity index (χ1v) is 7.17. The predicted molar refractivity (Wildman–Crippen MR) is 81.3 cm³/mol. The summed E-state index contributed by atoms with van der Waals surface area (Å²) in [6.45, 7) is 2.71. The van der Waals surface area contributed by atoms with Gasteiger partial charge in [-0.3, -0.25) is 4.40 Å². The summed E-state index contributed by atoms with van der Waals surface area (Å²) in [6, 6.07) is 4.54. The summed E-state index contributed by atoms with van der Waals surface area (Å²) in [5.41, 5.74) is 0.569. The number of aromatic nitrogens is 3. The van der Waals surface area contributed by atoms with Crippen molar-refractivity contribution in [2.75, 3.05) is 11.9 Å². The summed E-state index contributed by atoms with van der Waals surface area (Å²) >= 11 is 3.11. The van der Waals surface area contributed by atoms with E-state index in [1.807, 2.05) is 13.1 Å². The van der Waals surface area contributed by atoms with E-state index in [1.165, 1.54) is 6.07 Å². The Morgan fingerprint density at radius 2 is 2.29 bits per heavy atom. The highest BCUT2D eigenvalue weighted by molar-refractivity contribution is 9.10. The van der Waals surface area contributed by atoms with Crippen LogP contribution in [0.3, 0.4) is 0 Å². The molecule has 0 bridgehead atoms. The van der Waals surface area contributed by atoms with Crippen molar-refractivity contribution in [3.8, 4) is 11.6 Å². The third-order valence-electron chi connectivity index (χ3n) is 2.81. The van der Waals surface area contributed by atoms with Crippen LogP contribution >= 0.6 is 15.9 Å². The molecule has 0 atom stereocenters. The molecular weight excluding hydrogens is 339 g/mol. The van der Waals surface area contributed by atoms with Gasteiger partial charge < -0.3 is 10.1 Å². The van der Waals surface area contributed by atoms with Gasteiger partial charge in [-0.05, 0) is 35.0 Å². The number of nitrogens with zero attached hydrogens (tertiary/aromatic N) is 3. The molecule has 2 heterocycles. The molecule has 0 fully saturated rings. The number of rotatable bonds is 4. The molecule has 0 aliphatic heterocycles. The van der Waals surface area contributed by atoms with Gasteiger partial charge in [0, 0.05) is 25.0 Å². The molecule has 21 heavy (non-hydrogen) atoms. The molecule has 0 radical (unpaired) electrons. The Hall–Kier alpha value is -2.15. The Kier molecular flexibility index (Phi) is 3.74. The molecular formula is C14H12BrFN4O. The maximum Gasteiger partial charge on any atom is 0.265 e. The van der Waals surface area contributed by atoms with Gasteiger partial charge >= 0.3 is 0 Å². The first kappa shape index (κ1) is 13.8. The summed E-state index contributed by atoms with van der Waals surface area (Å²) in [4.78, 5) is 8.56. The van der Waals surface area contributed by atoms with Gasteiger partial charge in [-0.15, -0.1) is 0 Å². The van der Waals surface area contributed by atoms with Crippen LogP contribution in [-0.2, 0) is 0 Å². The lowest BCUT2D eigenvalue weighted by Gasteiger charge is -2.09. The monoisotopic (exact) mass is 350 g/mol. The summed E-state index contributed by atoms with van der Waals surface area (Å²) in [6.07, 6.45) is 5.27. The van der Waals surface area contributed by atoms with E-state index in [0.717, 1.165) is 6.54 Å². The van der Waals surface area contributed by atoms with Crippen molar-refractivity contribution in [2.45, 2.75) is 6.92 Å². The second-order valence-electron chi connectivity index (χ2n) is 4.30. The summed E-state index contributed by atoms with van der Waals surface area (Å²) < 4.78 is 21.4. The second-order valence-corrected chi connectivity index (χ2v) is 5.15. The van der Waals surface area contributed by atoms with Crippen molar-refractivity contribution in [1.29, 1.82) is 0 Å². The average molecular weight is 351 g/mol. The molecule has 0 unspecified atom stereocenters. The van der Waals surface area contributed by atoms with E-state index in [9.17, 15) is 4.39 Å². The molecule has 7 heteroatoms. The highest BCUT2D eigenvalue weighted by Crippen LogP contribution is 2.27. The standard InChI is InChI=1S/C14H12BrFN4O/c1-2-17-12-8-20-6-5-18-13(20)14(19-12)21-9-3-4-10(15)11(16)7-9/h3-8,17H,2H2,1H3. The van der Waals surface area contributed by atoms with Crippen molar-refractivity contribution >= 4 is 27.4 Å². The summed E-state index contributed by atoms with van der Waals surface area (Å²) in [5, 5.41) is 3.11.